The van der Waals surface area contributed by atoms with Crippen molar-refractivity contribution in [1.29, 1.82) is 0 Å². The van der Waals surface area contributed by atoms with E-state index in [1.165, 1.54) is 25.1 Å². The molecule has 0 bridgehead atoms. The monoisotopic (exact) mass is 286 g/mol. The lowest BCUT2D eigenvalue weighted by Gasteiger charge is -2.05. The lowest BCUT2D eigenvalue weighted by molar-refractivity contribution is 0.271. The second-order valence-corrected chi connectivity index (χ2v) is 4.72. The Morgan fingerprint density at radius 3 is 2.83 bits per heavy atom. The molecule has 0 spiro atoms. The van der Waals surface area contributed by atoms with Crippen LogP contribution in [0, 0.1) is 0 Å². The third kappa shape index (κ3) is 2.58. The van der Waals surface area contributed by atoms with E-state index in [-0.39, 0.29) is 12.6 Å². The van der Waals surface area contributed by atoms with Crippen molar-refractivity contribution < 1.29 is 9.84 Å². The first-order valence-electron chi connectivity index (χ1n) is 5.01. The Balaban J connectivity index is 2.30. The minimum absolute atomic E-state index is 0.0646. The molecule has 96 valence electrons. The van der Waals surface area contributed by atoms with Gasteiger partial charge in [0.05, 0.1) is 36.8 Å². The lowest BCUT2D eigenvalue weighted by Crippen LogP contribution is -1.98. The van der Waals surface area contributed by atoms with Gasteiger partial charge in [-0.2, -0.15) is 4.98 Å². The molecule has 0 aliphatic heterocycles. The first kappa shape index (κ1) is 13.1. The summed E-state index contributed by atoms with van der Waals surface area (Å²) in [5, 5.41) is 10.8. The highest BCUT2D eigenvalue weighted by Gasteiger charge is 2.12. The molecule has 18 heavy (non-hydrogen) atoms. The predicted octanol–water partition coefficient (Wildman–Crippen LogP) is 1.52. The van der Waals surface area contributed by atoms with Gasteiger partial charge in [0.2, 0.25) is 0 Å². The van der Waals surface area contributed by atoms with Crippen LogP contribution in [0.25, 0.3) is 0 Å². The van der Waals surface area contributed by atoms with Crippen LogP contribution in [0.5, 0.6) is 6.01 Å². The molecular weight excluding hydrogens is 276 g/mol. The summed E-state index contributed by atoms with van der Waals surface area (Å²) in [6.45, 7) is -0.0646. The van der Waals surface area contributed by atoms with E-state index in [0.717, 1.165) is 5.69 Å². The first-order chi connectivity index (χ1) is 8.65. The molecule has 0 aliphatic carbocycles. The van der Waals surface area contributed by atoms with E-state index < -0.39 is 0 Å². The number of imidazole rings is 1. The van der Waals surface area contributed by atoms with Gasteiger partial charge in [-0.1, -0.05) is 11.6 Å². The van der Waals surface area contributed by atoms with Crippen LogP contribution in [0.2, 0.25) is 5.02 Å². The van der Waals surface area contributed by atoms with Gasteiger partial charge in [0, 0.05) is 7.05 Å². The van der Waals surface area contributed by atoms with E-state index in [0.29, 0.717) is 15.2 Å². The van der Waals surface area contributed by atoms with E-state index in [1.54, 1.807) is 10.8 Å². The smallest absolute Gasteiger partial charge is 0.317 e. The van der Waals surface area contributed by atoms with Gasteiger partial charge in [0.15, 0.2) is 5.16 Å². The fourth-order valence-corrected chi connectivity index (χ4v) is 2.27. The summed E-state index contributed by atoms with van der Waals surface area (Å²) in [7, 11) is 3.30. The van der Waals surface area contributed by atoms with Gasteiger partial charge in [-0.3, -0.25) is 0 Å². The molecule has 2 aromatic heterocycles. The number of aliphatic hydroxyl groups is 1. The first-order valence-corrected chi connectivity index (χ1v) is 6.21. The number of halogens is 1. The molecule has 0 radical (unpaired) electrons. The molecular formula is C10H11ClN4O2S. The van der Waals surface area contributed by atoms with Crippen LogP contribution in [0.3, 0.4) is 0 Å². The summed E-state index contributed by atoms with van der Waals surface area (Å²) in [4.78, 5) is 12.2. The van der Waals surface area contributed by atoms with Gasteiger partial charge in [0.1, 0.15) is 5.03 Å². The normalized spacial score (nSPS) is 10.7. The SMILES string of the molecule is COc1ncc(Cl)c(Sc2ncc(CO)n2C)n1. The number of nitrogens with zero attached hydrogens (tertiary/aromatic N) is 4. The quantitative estimate of drug-likeness (QED) is 0.859. The summed E-state index contributed by atoms with van der Waals surface area (Å²) in [6, 6.07) is 0.249. The van der Waals surface area contributed by atoms with Crippen molar-refractivity contribution in [2.24, 2.45) is 7.05 Å². The number of hydrogen-bond donors (Lipinski definition) is 1. The minimum atomic E-state index is -0.0646. The van der Waals surface area contributed by atoms with E-state index in [9.17, 15) is 0 Å². The Hall–Kier alpha value is -1.31. The van der Waals surface area contributed by atoms with Crippen LogP contribution in [0.15, 0.2) is 22.6 Å². The third-order valence-corrected chi connectivity index (χ3v) is 3.72. The molecule has 0 saturated carbocycles. The van der Waals surface area contributed by atoms with Crippen molar-refractivity contribution in [2.75, 3.05) is 7.11 Å². The number of methoxy groups -OCH3 is 1. The number of rotatable bonds is 4. The average molecular weight is 287 g/mol. The Bertz CT molecular complexity index is 561. The van der Waals surface area contributed by atoms with Crippen LogP contribution in [0.1, 0.15) is 5.69 Å². The second-order valence-electron chi connectivity index (χ2n) is 3.36. The van der Waals surface area contributed by atoms with Crippen LogP contribution in [-0.4, -0.2) is 31.7 Å². The topological polar surface area (TPSA) is 73.1 Å². The fraction of sp³-hybridized carbons (Fsp3) is 0.300. The van der Waals surface area contributed by atoms with Crippen molar-refractivity contribution in [3.8, 4) is 6.01 Å². The number of aromatic nitrogens is 4. The number of aliphatic hydroxyl groups excluding tert-OH is 1. The van der Waals surface area contributed by atoms with E-state index in [1.807, 2.05) is 7.05 Å². The van der Waals surface area contributed by atoms with Gasteiger partial charge < -0.3 is 14.4 Å². The summed E-state index contributed by atoms with van der Waals surface area (Å²) in [5.74, 6) is 0. The zero-order chi connectivity index (χ0) is 13.1. The van der Waals surface area contributed by atoms with Crippen molar-refractivity contribution in [3.63, 3.8) is 0 Å². The summed E-state index contributed by atoms with van der Waals surface area (Å²) in [5.41, 5.74) is 0.717. The Morgan fingerprint density at radius 1 is 1.44 bits per heavy atom. The molecule has 6 nitrogen and oxygen atoms in total. The Morgan fingerprint density at radius 2 is 2.22 bits per heavy atom. The summed E-state index contributed by atoms with van der Waals surface area (Å²) in [6.07, 6.45) is 3.08. The molecule has 2 aromatic rings. The molecule has 0 aliphatic rings. The minimum Gasteiger partial charge on any atom is -0.467 e. The molecule has 0 aromatic carbocycles. The molecule has 0 atom stereocenters. The number of hydrogen-bond acceptors (Lipinski definition) is 6. The van der Waals surface area contributed by atoms with Crippen LogP contribution < -0.4 is 4.74 Å². The molecule has 0 amide bonds. The van der Waals surface area contributed by atoms with Gasteiger partial charge in [-0.25, -0.2) is 9.97 Å². The van der Waals surface area contributed by atoms with Crippen molar-refractivity contribution in [1.82, 2.24) is 19.5 Å². The van der Waals surface area contributed by atoms with E-state index >= 15 is 0 Å². The molecule has 8 heteroatoms. The van der Waals surface area contributed by atoms with Crippen molar-refractivity contribution in [2.45, 2.75) is 16.8 Å². The van der Waals surface area contributed by atoms with Crippen LogP contribution >= 0.6 is 23.4 Å². The van der Waals surface area contributed by atoms with Crippen molar-refractivity contribution in [3.05, 3.63) is 23.1 Å². The maximum absolute atomic E-state index is 9.09. The van der Waals surface area contributed by atoms with E-state index in [4.69, 9.17) is 21.4 Å². The Labute approximate surface area is 113 Å². The Kier molecular flexibility index (Phi) is 4.05. The van der Waals surface area contributed by atoms with E-state index in [2.05, 4.69) is 15.0 Å². The molecule has 0 unspecified atom stereocenters. The highest BCUT2D eigenvalue weighted by Crippen LogP contribution is 2.31. The molecule has 2 rings (SSSR count). The summed E-state index contributed by atoms with van der Waals surface area (Å²) < 4.78 is 6.72. The van der Waals surface area contributed by atoms with Gasteiger partial charge >= 0.3 is 6.01 Å². The largest absolute Gasteiger partial charge is 0.467 e. The summed E-state index contributed by atoms with van der Waals surface area (Å²) >= 11 is 7.29. The molecule has 0 saturated heterocycles. The predicted molar refractivity (Wildman–Crippen MR) is 66.8 cm³/mol. The lowest BCUT2D eigenvalue weighted by atomic mass is 10.5. The fourth-order valence-electron chi connectivity index (χ4n) is 1.26. The maximum atomic E-state index is 9.09. The zero-order valence-corrected chi connectivity index (χ0v) is 11.4. The van der Waals surface area contributed by atoms with Crippen molar-refractivity contribution >= 4 is 23.4 Å². The van der Waals surface area contributed by atoms with Gasteiger partial charge in [0.25, 0.3) is 0 Å². The molecule has 0 fully saturated rings. The van der Waals surface area contributed by atoms with Gasteiger partial charge in [-0.15, -0.1) is 0 Å². The highest BCUT2D eigenvalue weighted by atomic mass is 35.5. The zero-order valence-electron chi connectivity index (χ0n) is 9.79. The second kappa shape index (κ2) is 5.55. The molecule has 2 heterocycles. The van der Waals surface area contributed by atoms with Crippen LogP contribution in [0.4, 0.5) is 0 Å². The standard InChI is InChI=1S/C10H11ClN4O2S/c1-15-6(5-16)3-13-10(15)18-8-7(11)4-12-9(14-8)17-2/h3-4,16H,5H2,1-2H3. The molecule has 1 N–H and O–H groups in total. The highest BCUT2D eigenvalue weighted by molar-refractivity contribution is 7.99. The third-order valence-electron chi connectivity index (χ3n) is 2.26. The average Bonchev–Trinajstić information content (AvgIpc) is 2.73. The van der Waals surface area contributed by atoms with Crippen LogP contribution in [-0.2, 0) is 13.7 Å². The number of ether oxygens (including phenoxy) is 1. The maximum Gasteiger partial charge on any atom is 0.317 e. The van der Waals surface area contributed by atoms with Gasteiger partial charge in [-0.05, 0) is 11.8 Å².